The Hall–Kier alpha value is -1.36. The first-order chi connectivity index (χ1) is 8.78. The lowest BCUT2D eigenvalue weighted by Gasteiger charge is -2.09. The number of alkyl halides is 1. The molecule has 0 atom stereocenters. The van der Waals surface area contributed by atoms with Gasteiger partial charge in [0, 0.05) is 5.33 Å². The molecule has 0 unspecified atom stereocenters. The SMILES string of the molecule is CCOc1nc(OCC)c2cc(CBr)ccc2n1. The number of halogens is 1. The highest BCUT2D eigenvalue weighted by molar-refractivity contribution is 9.08. The van der Waals surface area contributed by atoms with Gasteiger partial charge in [0.15, 0.2) is 0 Å². The van der Waals surface area contributed by atoms with Gasteiger partial charge in [0.25, 0.3) is 0 Å². The summed E-state index contributed by atoms with van der Waals surface area (Å²) < 4.78 is 10.9. The molecule has 1 aromatic carbocycles. The van der Waals surface area contributed by atoms with Crippen molar-refractivity contribution in [1.29, 1.82) is 0 Å². The number of fused-ring (bicyclic) bond motifs is 1. The number of nitrogens with zero attached hydrogens (tertiary/aromatic N) is 2. The van der Waals surface area contributed by atoms with E-state index < -0.39 is 0 Å². The summed E-state index contributed by atoms with van der Waals surface area (Å²) in [6.07, 6.45) is 0. The number of aromatic nitrogens is 2. The largest absolute Gasteiger partial charge is 0.477 e. The lowest BCUT2D eigenvalue weighted by molar-refractivity contribution is 0.293. The van der Waals surface area contributed by atoms with Crippen molar-refractivity contribution in [3.05, 3.63) is 23.8 Å². The van der Waals surface area contributed by atoms with E-state index in [1.165, 1.54) is 0 Å². The van der Waals surface area contributed by atoms with Crippen LogP contribution in [0.5, 0.6) is 11.9 Å². The molecule has 0 aliphatic carbocycles. The van der Waals surface area contributed by atoms with E-state index in [0.717, 1.165) is 21.8 Å². The highest BCUT2D eigenvalue weighted by Gasteiger charge is 2.10. The molecule has 2 rings (SSSR count). The molecule has 0 radical (unpaired) electrons. The van der Waals surface area contributed by atoms with Crippen LogP contribution in [0.2, 0.25) is 0 Å². The van der Waals surface area contributed by atoms with Crippen LogP contribution < -0.4 is 9.47 Å². The maximum Gasteiger partial charge on any atom is 0.320 e. The van der Waals surface area contributed by atoms with Crippen LogP contribution in [-0.2, 0) is 5.33 Å². The first kappa shape index (κ1) is 13.1. The highest BCUT2D eigenvalue weighted by Crippen LogP contribution is 2.26. The van der Waals surface area contributed by atoms with E-state index in [-0.39, 0.29) is 0 Å². The van der Waals surface area contributed by atoms with Crippen LogP contribution in [0.15, 0.2) is 18.2 Å². The third kappa shape index (κ3) is 2.72. The van der Waals surface area contributed by atoms with E-state index in [1.54, 1.807) is 0 Å². The van der Waals surface area contributed by atoms with E-state index >= 15 is 0 Å². The molecular formula is C13H15BrN2O2. The average Bonchev–Trinajstić information content (AvgIpc) is 2.39. The first-order valence-corrected chi connectivity index (χ1v) is 7.02. The van der Waals surface area contributed by atoms with E-state index in [2.05, 4.69) is 25.9 Å². The predicted octanol–water partition coefficient (Wildman–Crippen LogP) is 3.32. The molecule has 0 spiro atoms. The van der Waals surface area contributed by atoms with Crippen molar-refractivity contribution in [3.8, 4) is 11.9 Å². The standard InChI is InChI=1S/C13H15BrN2O2/c1-3-17-12-10-7-9(8-14)5-6-11(10)15-13(16-12)18-4-2/h5-7H,3-4,8H2,1-2H3. The molecule has 2 aromatic rings. The fourth-order valence-corrected chi connectivity index (χ4v) is 2.00. The van der Waals surface area contributed by atoms with Crippen LogP contribution in [-0.4, -0.2) is 23.2 Å². The molecule has 0 saturated carbocycles. The Morgan fingerprint density at radius 3 is 2.56 bits per heavy atom. The Morgan fingerprint density at radius 1 is 1.11 bits per heavy atom. The molecule has 4 nitrogen and oxygen atoms in total. The van der Waals surface area contributed by atoms with Crippen LogP contribution in [0.1, 0.15) is 19.4 Å². The molecule has 0 amide bonds. The normalized spacial score (nSPS) is 10.6. The molecule has 1 aromatic heterocycles. The van der Waals surface area contributed by atoms with Gasteiger partial charge >= 0.3 is 6.01 Å². The predicted molar refractivity (Wildman–Crippen MR) is 74.5 cm³/mol. The van der Waals surface area contributed by atoms with Crippen molar-refractivity contribution in [2.24, 2.45) is 0 Å². The third-order valence-corrected chi connectivity index (χ3v) is 3.06. The van der Waals surface area contributed by atoms with Gasteiger partial charge in [0.05, 0.1) is 24.1 Å². The quantitative estimate of drug-likeness (QED) is 0.795. The summed E-state index contributed by atoms with van der Waals surface area (Å²) in [5.74, 6) is 0.578. The van der Waals surface area contributed by atoms with Crippen LogP contribution >= 0.6 is 15.9 Å². The number of hydrogen-bond acceptors (Lipinski definition) is 4. The second-order valence-electron chi connectivity index (χ2n) is 3.66. The second kappa shape index (κ2) is 6.00. The molecule has 5 heteroatoms. The van der Waals surface area contributed by atoms with Crippen molar-refractivity contribution < 1.29 is 9.47 Å². The first-order valence-electron chi connectivity index (χ1n) is 5.90. The van der Waals surface area contributed by atoms with Gasteiger partial charge in [-0.1, -0.05) is 22.0 Å². The fraction of sp³-hybridized carbons (Fsp3) is 0.385. The molecular weight excluding hydrogens is 296 g/mol. The van der Waals surface area contributed by atoms with Gasteiger partial charge in [-0.2, -0.15) is 9.97 Å². The fourth-order valence-electron chi connectivity index (χ4n) is 1.65. The molecule has 1 heterocycles. The van der Waals surface area contributed by atoms with Crippen molar-refractivity contribution in [2.75, 3.05) is 13.2 Å². The zero-order valence-electron chi connectivity index (χ0n) is 10.4. The van der Waals surface area contributed by atoms with E-state index in [0.29, 0.717) is 25.1 Å². The smallest absolute Gasteiger partial charge is 0.320 e. The average molecular weight is 311 g/mol. The third-order valence-electron chi connectivity index (χ3n) is 2.41. The summed E-state index contributed by atoms with van der Waals surface area (Å²) in [6.45, 7) is 4.94. The van der Waals surface area contributed by atoms with Crippen LogP contribution in [0.3, 0.4) is 0 Å². The van der Waals surface area contributed by atoms with E-state index in [9.17, 15) is 0 Å². The summed E-state index contributed by atoms with van der Waals surface area (Å²) in [7, 11) is 0. The Labute approximate surface area is 114 Å². The Balaban J connectivity index is 2.56. The molecule has 0 bridgehead atoms. The molecule has 0 aliphatic rings. The van der Waals surface area contributed by atoms with Crippen LogP contribution in [0.25, 0.3) is 10.9 Å². The topological polar surface area (TPSA) is 44.2 Å². The number of hydrogen-bond donors (Lipinski definition) is 0. The molecule has 0 fully saturated rings. The maximum atomic E-state index is 5.56. The van der Waals surface area contributed by atoms with Crippen LogP contribution in [0.4, 0.5) is 0 Å². The van der Waals surface area contributed by atoms with Crippen LogP contribution in [0, 0.1) is 0 Å². The summed E-state index contributed by atoms with van der Waals surface area (Å²) >= 11 is 3.44. The monoisotopic (exact) mass is 310 g/mol. The lowest BCUT2D eigenvalue weighted by atomic mass is 10.1. The van der Waals surface area contributed by atoms with Gasteiger partial charge in [-0.05, 0) is 31.5 Å². The lowest BCUT2D eigenvalue weighted by Crippen LogP contribution is -2.02. The Morgan fingerprint density at radius 2 is 1.89 bits per heavy atom. The summed E-state index contributed by atoms with van der Waals surface area (Å²) in [6, 6.07) is 6.37. The molecule has 0 aliphatic heterocycles. The maximum absolute atomic E-state index is 5.56. The number of ether oxygens (including phenoxy) is 2. The molecule has 18 heavy (non-hydrogen) atoms. The van der Waals surface area contributed by atoms with Gasteiger partial charge < -0.3 is 9.47 Å². The van der Waals surface area contributed by atoms with Gasteiger partial charge in [-0.15, -0.1) is 0 Å². The minimum Gasteiger partial charge on any atom is -0.477 e. The number of rotatable bonds is 5. The highest BCUT2D eigenvalue weighted by atomic mass is 79.9. The minimum atomic E-state index is 0.361. The second-order valence-corrected chi connectivity index (χ2v) is 4.22. The molecule has 96 valence electrons. The van der Waals surface area contributed by atoms with Gasteiger partial charge in [0.1, 0.15) is 0 Å². The van der Waals surface area contributed by atoms with E-state index in [4.69, 9.17) is 9.47 Å². The summed E-state index contributed by atoms with van der Waals surface area (Å²) in [4.78, 5) is 8.64. The van der Waals surface area contributed by atoms with Gasteiger partial charge in [0.2, 0.25) is 5.88 Å². The Kier molecular flexibility index (Phi) is 4.36. The van der Waals surface area contributed by atoms with Crippen molar-refractivity contribution in [1.82, 2.24) is 9.97 Å². The number of benzene rings is 1. The van der Waals surface area contributed by atoms with Crippen molar-refractivity contribution in [2.45, 2.75) is 19.2 Å². The zero-order chi connectivity index (χ0) is 13.0. The molecule has 0 N–H and O–H groups in total. The van der Waals surface area contributed by atoms with Crippen molar-refractivity contribution >= 4 is 26.8 Å². The van der Waals surface area contributed by atoms with Gasteiger partial charge in [-0.25, -0.2) is 0 Å². The van der Waals surface area contributed by atoms with Gasteiger partial charge in [-0.3, -0.25) is 0 Å². The zero-order valence-corrected chi connectivity index (χ0v) is 12.0. The molecule has 0 saturated heterocycles. The van der Waals surface area contributed by atoms with E-state index in [1.807, 2.05) is 32.0 Å². The summed E-state index contributed by atoms with van der Waals surface area (Å²) in [5, 5.41) is 1.71. The van der Waals surface area contributed by atoms with Crippen molar-refractivity contribution in [3.63, 3.8) is 0 Å². The minimum absolute atomic E-state index is 0.361. The summed E-state index contributed by atoms with van der Waals surface area (Å²) in [5.41, 5.74) is 2.00. The Bertz CT molecular complexity index is 546.